The van der Waals surface area contributed by atoms with Crippen molar-refractivity contribution in [3.8, 4) is 0 Å². The Labute approximate surface area is 170 Å². The van der Waals surface area contributed by atoms with Crippen LogP contribution in [0.3, 0.4) is 0 Å². The molecule has 0 saturated heterocycles. The van der Waals surface area contributed by atoms with Crippen molar-refractivity contribution in [2.75, 3.05) is 5.32 Å². The first-order chi connectivity index (χ1) is 13.5. The summed E-state index contributed by atoms with van der Waals surface area (Å²) >= 11 is 6.42. The van der Waals surface area contributed by atoms with Gasteiger partial charge in [-0.1, -0.05) is 42.6 Å². The summed E-state index contributed by atoms with van der Waals surface area (Å²) in [5.74, 6) is -0.205. The average molecular weight is 400 g/mol. The van der Waals surface area contributed by atoms with Gasteiger partial charge in [-0.25, -0.2) is 0 Å². The number of benzene rings is 2. The molecule has 1 aliphatic rings. The summed E-state index contributed by atoms with van der Waals surface area (Å²) in [6.07, 6.45) is 3.92. The molecule has 1 saturated carbocycles. The number of rotatable bonds is 5. The van der Waals surface area contributed by atoms with Crippen LogP contribution in [-0.2, 0) is 11.3 Å². The molecule has 148 valence electrons. The Bertz CT molecular complexity index is 841. The first-order valence-corrected chi connectivity index (χ1v) is 10.0. The van der Waals surface area contributed by atoms with Crippen molar-refractivity contribution in [3.05, 3.63) is 64.7 Å². The number of anilines is 1. The van der Waals surface area contributed by atoms with Gasteiger partial charge in [0.1, 0.15) is 0 Å². The van der Waals surface area contributed by atoms with E-state index >= 15 is 0 Å². The van der Waals surface area contributed by atoms with E-state index in [0.29, 0.717) is 22.8 Å². The number of carbonyl (C=O) groups excluding carboxylic acids is 2. The molecule has 6 heteroatoms. The van der Waals surface area contributed by atoms with Crippen molar-refractivity contribution in [2.45, 2.75) is 51.2 Å². The summed E-state index contributed by atoms with van der Waals surface area (Å²) in [6, 6.07) is 14.5. The Hall–Kier alpha value is -2.37. The maximum atomic E-state index is 13.3. The number of nitrogens with two attached hydrogens (primary N) is 1. The second-order valence-corrected chi connectivity index (χ2v) is 7.71. The van der Waals surface area contributed by atoms with Gasteiger partial charge in [0.2, 0.25) is 5.91 Å². The van der Waals surface area contributed by atoms with E-state index in [4.69, 9.17) is 17.3 Å². The molecule has 0 aromatic heterocycles. The average Bonchev–Trinajstić information content (AvgIpc) is 2.69. The molecule has 2 atom stereocenters. The summed E-state index contributed by atoms with van der Waals surface area (Å²) < 4.78 is 0. The molecule has 0 heterocycles. The fraction of sp³-hybridized carbons (Fsp3) is 0.364. The third-order valence-electron chi connectivity index (χ3n) is 5.17. The fourth-order valence-electron chi connectivity index (χ4n) is 3.77. The number of nitrogens with one attached hydrogen (secondary N) is 1. The van der Waals surface area contributed by atoms with Crippen LogP contribution < -0.4 is 11.1 Å². The SMILES string of the molecule is CC(=O)Nc1ccc(Cl)c(CN(C(=O)c2ccccc2)C2CCCCC2N)c1. The molecule has 3 rings (SSSR count). The lowest BCUT2D eigenvalue weighted by Crippen LogP contribution is -2.51. The zero-order valence-electron chi connectivity index (χ0n) is 16.0. The Balaban J connectivity index is 1.93. The zero-order chi connectivity index (χ0) is 20.1. The number of nitrogens with zero attached hydrogens (tertiary/aromatic N) is 1. The monoisotopic (exact) mass is 399 g/mol. The highest BCUT2D eigenvalue weighted by Gasteiger charge is 2.32. The largest absolute Gasteiger partial charge is 0.330 e. The minimum absolute atomic E-state index is 0.0399. The van der Waals surface area contributed by atoms with Crippen molar-refractivity contribution < 1.29 is 9.59 Å². The molecule has 2 aromatic carbocycles. The minimum atomic E-state index is -0.153. The molecule has 0 bridgehead atoms. The van der Waals surface area contributed by atoms with Crippen LogP contribution in [0.4, 0.5) is 5.69 Å². The first-order valence-electron chi connectivity index (χ1n) is 9.63. The molecule has 0 spiro atoms. The highest BCUT2D eigenvalue weighted by atomic mass is 35.5. The molecule has 5 nitrogen and oxygen atoms in total. The van der Waals surface area contributed by atoms with E-state index in [9.17, 15) is 9.59 Å². The maximum absolute atomic E-state index is 13.3. The van der Waals surface area contributed by atoms with Crippen LogP contribution in [0, 0.1) is 0 Å². The topological polar surface area (TPSA) is 75.4 Å². The van der Waals surface area contributed by atoms with Gasteiger partial charge in [-0.2, -0.15) is 0 Å². The summed E-state index contributed by atoms with van der Waals surface area (Å²) in [4.78, 5) is 26.6. The van der Waals surface area contributed by atoms with Crippen LogP contribution in [0.25, 0.3) is 0 Å². The molecular weight excluding hydrogens is 374 g/mol. The van der Waals surface area contributed by atoms with Crippen LogP contribution in [0.1, 0.15) is 48.5 Å². The number of halogens is 1. The molecule has 1 aliphatic carbocycles. The zero-order valence-corrected chi connectivity index (χ0v) is 16.8. The smallest absolute Gasteiger partial charge is 0.254 e. The van der Waals surface area contributed by atoms with Gasteiger partial charge in [0.15, 0.2) is 0 Å². The molecule has 3 N–H and O–H groups in total. The van der Waals surface area contributed by atoms with E-state index in [1.165, 1.54) is 6.92 Å². The lowest BCUT2D eigenvalue weighted by atomic mass is 9.89. The highest BCUT2D eigenvalue weighted by molar-refractivity contribution is 6.31. The second kappa shape index (κ2) is 9.22. The number of amides is 2. The molecular formula is C22H26ClN3O2. The van der Waals surface area contributed by atoms with Crippen molar-refractivity contribution >= 4 is 29.1 Å². The van der Waals surface area contributed by atoms with Gasteiger partial charge in [-0.3, -0.25) is 9.59 Å². The van der Waals surface area contributed by atoms with Gasteiger partial charge in [0.25, 0.3) is 5.91 Å². The van der Waals surface area contributed by atoms with Gasteiger partial charge in [-0.15, -0.1) is 0 Å². The van der Waals surface area contributed by atoms with Gasteiger partial charge in [0.05, 0.1) is 0 Å². The third-order valence-corrected chi connectivity index (χ3v) is 5.54. The second-order valence-electron chi connectivity index (χ2n) is 7.30. The Morgan fingerprint density at radius 2 is 1.86 bits per heavy atom. The van der Waals surface area contributed by atoms with E-state index in [-0.39, 0.29) is 23.9 Å². The van der Waals surface area contributed by atoms with Crippen molar-refractivity contribution in [2.24, 2.45) is 5.73 Å². The summed E-state index contributed by atoms with van der Waals surface area (Å²) in [6.45, 7) is 1.80. The number of hydrogen-bond acceptors (Lipinski definition) is 3. The predicted octanol–water partition coefficient (Wildman–Crippen LogP) is 4.21. The van der Waals surface area contributed by atoms with E-state index in [1.807, 2.05) is 41.3 Å². The normalized spacial score (nSPS) is 19.1. The molecule has 0 radical (unpaired) electrons. The first kappa shape index (κ1) is 20.4. The highest BCUT2D eigenvalue weighted by Crippen LogP contribution is 2.28. The van der Waals surface area contributed by atoms with Crippen LogP contribution >= 0.6 is 11.6 Å². The van der Waals surface area contributed by atoms with E-state index in [2.05, 4.69) is 5.32 Å². The van der Waals surface area contributed by atoms with Crippen LogP contribution in [0.5, 0.6) is 0 Å². The van der Waals surface area contributed by atoms with Crippen molar-refractivity contribution in [1.29, 1.82) is 0 Å². The predicted molar refractivity (Wildman–Crippen MR) is 112 cm³/mol. The fourth-order valence-corrected chi connectivity index (χ4v) is 3.95. The van der Waals surface area contributed by atoms with Crippen LogP contribution in [-0.4, -0.2) is 28.8 Å². The molecule has 2 unspecified atom stereocenters. The summed E-state index contributed by atoms with van der Waals surface area (Å²) in [5.41, 5.74) is 8.48. The minimum Gasteiger partial charge on any atom is -0.330 e. The van der Waals surface area contributed by atoms with Crippen LogP contribution in [0.2, 0.25) is 5.02 Å². The van der Waals surface area contributed by atoms with Gasteiger partial charge < -0.3 is 16.0 Å². The van der Waals surface area contributed by atoms with E-state index < -0.39 is 0 Å². The molecule has 2 amide bonds. The quantitative estimate of drug-likeness (QED) is 0.790. The van der Waals surface area contributed by atoms with Crippen LogP contribution in [0.15, 0.2) is 48.5 Å². The molecule has 1 fully saturated rings. The summed E-state index contributed by atoms with van der Waals surface area (Å²) in [5, 5.41) is 3.33. The Morgan fingerprint density at radius 1 is 1.14 bits per heavy atom. The maximum Gasteiger partial charge on any atom is 0.254 e. The lowest BCUT2D eigenvalue weighted by molar-refractivity contribution is -0.114. The van der Waals surface area contributed by atoms with Crippen molar-refractivity contribution in [1.82, 2.24) is 4.90 Å². The van der Waals surface area contributed by atoms with Gasteiger partial charge >= 0.3 is 0 Å². The molecule has 0 aliphatic heterocycles. The lowest BCUT2D eigenvalue weighted by Gasteiger charge is -2.38. The van der Waals surface area contributed by atoms with Gasteiger partial charge in [-0.05, 0) is 48.7 Å². The Morgan fingerprint density at radius 3 is 2.54 bits per heavy atom. The Kier molecular flexibility index (Phi) is 6.70. The molecule has 28 heavy (non-hydrogen) atoms. The standard InChI is InChI=1S/C22H26ClN3O2/c1-15(27)25-18-11-12-19(23)17(13-18)14-26(21-10-6-5-9-20(21)24)22(28)16-7-3-2-4-8-16/h2-4,7-8,11-13,20-21H,5-6,9-10,14,24H2,1H3,(H,25,27). The van der Waals surface area contributed by atoms with Gasteiger partial charge in [0, 0.05) is 41.8 Å². The summed E-state index contributed by atoms with van der Waals surface area (Å²) in [7, 11) is 0. The van der Waals surface area contributed by atoms with Crippen molar-refractivity contribution in [3.63, 3.8) is 0 Å². The third kappa shape index (κ3) is 4.91. The number of carbonyl (C=O) groups is 2. The van der Waals surface area contributed by atoms with E-state index in [1.54, 1.807) is 12.1 Å². The number of hydrogen-bond donors (Lipinski definition) is 2. The molecule has 2 aromatic rings. The van der Waals surface area contributed by atoms with E-state index in [0.717, 1.165) is 31.2 Å².